The van der Waals surface area contributed by atoms with Gasteiger partial charge in [-0.2, -0.15) is 11.8 Å². The SMILES string of the molecule is CSCCCNCC(O)COCCc1scnc1C. The van der Waals surface area contributed by atoms with Crippen LogP contribution in [0, 0.1) is 6.92 Å². The van der Waals surface area contributed by atoms with E-state index in [1.807, 2.05) is 24.2 Å². The van der Waals surface area contributed by atoms with E-state index >= 15 is 0 Å². The van der Waals surface area contributed by atoms with Gasteiger partial charge in [0, 0.05) is 17.8 Å². The first-order chi connectivity index (χ1) is 9.24. The van der Waals surface area contributed by atoms with Gasteiger partial charge in [0.1, 0.15) is 0 Å². The summed E-state index contributed by atoms with van der Waals surface area (Å²) in [6, 6.07) is 0. The lowest BCUT2D eigenvalue weighted by Crippen LogP contribution is -2.31. The van der Waals surface area contributed by atoms with E-state index in [2.05, 4.69) is 16.6 Å². The number of rotatable bonds is 11. The van der Waals surface area contributed by atoms with Crippen LogP contribution in [-0.2, 0) is 11.2 Å². The number of aliphatic hydroxyl groups excluding tert-OH is 1. The van der Waals surface area contributed by atoms with Gasteiger partial charge in [-0.15, -0.1) is 11.3 Å². The third-order valence-corrected chi connectivity index (χ3v) is 4.40. The number of thiazole rings is 1. The van der Waals surface area contributed by atoms with Crippen molar-refractivity contribution >= 4 is 23.1 Å². The van der Waals surface area contributed by atoms with Gasteiger partial charge in [0.2, 0.25) is 0 Å². The molecule has 0 radical (unpaired) electrons. The minimum Gasteiger partial charge on any atom is -0.389 e. The van der Waals surface area contributed by atoms with Crippen LogP contribution in [0.1, 0.15) is 17.0 Å². The molecule has 0 aliphatic rings. The minimum absolute atomic E-state index is 0.396. The standard InChI is InChI=1S/C13H24N2O2S2/c1-11-13(19-10-15-11)4-6-17-9-12(16)8-14-5-3-7-18-2/h10,12,14,16H,3-9H2,1-2H3. The number of hydrogen-bond acceptors (Lipinski definition) is 6. The van der Waals surface area contributed by atoms with Crippen LogP contribution in [0.5, 0.6) is 0 Å². The van der Waals surface area contributed by atoms with E-state index in [4.69, 9.17) is 4.74 Å². The first-order valence-electron chi connectivity index (χ1n) is 6.58. The smallest absolute Gasteiger partial charge is 0.0897 e. The molecule has 0 saturated heterocycles. The number of nitrogens with zero attached hydrogens (tertiary/aromatic N) is 1. The number of nitrogens with one attached hydrogen (secondary N) is 1. The second kappa shape index (κ2) is 10.6. The van der Waals surface area contributed by atoms with Gasteiger partial charge in [0.15, 0.2) is 0 Å². The van der Waals surface area contributed by atoms with Crippen molar-refractivity contribution in [3.63, 3.8) is 0 Å². The maximum atomic E-state index is 9.72. The molecule has 110 valence electrons. The van der Waals surface area contributed by atoms with Crippen molar-refractivity contribution < 1.29 is 9.84 Å². The highest BCUT2D eigenvalue weighted by Gasteiger charge is 2.05. The van der Waals surface area contributed by atoms with Gasteiger partial charge in [0.25, 0.3) is 0 Å². The van der Waals surface area contributed by atoms with E-state index in [1.54, 1.807) is 11.3 Å². The molecule has 0 saturated carbocycles. The van der Waals surface area contributed by atoms with Crippen molar-refractivity contribution in [1.29, 1.82) is 0 Å². The molecule has 6 heteroatoms. The highest BCUT2D eigenvalue weighted by molar-refractivity contribution is 7.98. The average molecular weight is 304 g/mol. The van der Waals surface area contributed by atoms with Crippen molar-refractivity contribution in [3.8, 4) is 0 Å². The summed E-state index contributed by atoms with van der Waals surface area (Å²) in [5, 5.41) is 12.9. The van der Waals surface area contributed by atoms with Crippen molar-refractivity contribution in [2.75, 3.05) is 38.3 Å². The molecule has 1 unspecified atom stereocenters. The number of aryl methyl sites for hydroxylation is 1. The largest absolute Gasteiger partial charge is 0.389 e. The zero-order chi connectivity index (χ0) is 13.9. The zero-order valence-corrected chi connectivity index (χ0v) is 13.4. The molecule has 0 aliphatic heterocycles. The Balaban J connectivity index is 1.95. The molecule has 0 fully saturated rings. The van der Waals surface area contributed by atoms with E-state index in [-0.39, 0.29) is 0 Å². The van der Waals surface area contributed by atoms with Crippen molar-refractivity contribution in [2.24, 2.45) is 0 Å². The van der Waals surface area contributed by atoms with Crippen molar-refractivity contribution in [2.45, 2.75) is 25.9 Å². The van der Waals surface area contributed by atoms with E-state index in [0.29, 0.717) is 19.8 Å². The van der Waals surface area contributed by atoms with Crippen LogP contribution in [0.25, 0.3) is 0 Å². The normalized spacial score (nSPS) is 12.8. The number of thioether (sulfide) groups is 1. The summed E-state index contributed by atoms with van der Waals surface area (Å²) in [5.41, 5.74) is 2.95. The molecular weight excluding hydrogens is 280 g/mol. The number of hydrogen-bond donors (Lipinski definition) is 2. The van der Waals surface area contributed by atoms with Crippen LogP contribution in [-0.4, -0.2) is 54.5 Å². The topological polar surface area (TPSA) is 54.4 Å². The lowest BCUT2D eigenvalue weighted by molar-refractivity contribution is 0.0386. The van der Waals surface area contributed by atoms with Crippen LogP contribution < -0.4 is 5.32 Å². The molecule has 0 aromatic carbocycles. The third kappa shape index (κ3) is 7.89. The summed E-state index contributed by atoms with van der Waals surface area (Å²) < 4.78 is 5.49. The Morgan fingerprint density at radius 1 is 1.58 bits per heavy atom. The second-order valence-corrected chi connectivity index (χ2v) is 6.32. The molecule has 1 heterocycles. The van der Waals surface area contributed by atoms with Crippen LogP contribution >= 0.6 is 23.1 Å². The van der Waals surface area contributed by atoms with Gasteiger partial charge in [-0.25, -0.2) is 4.98 Å². The van der Waals surface area contributed by atoms with Crippen molar-refractivity contribution in [1.82, 2.24) is 10.3 Å². The number of ether oxygens (including phenoxy) is 1. The van der Waals surface area contributed by atoms with E-state index in [0.717, 1.165) is 30.8 Å². The van der Waals surface area contributed by atoms with Gasteiger partial charge in [-0.05, 0) is 31.9 Å². The minimum atomic E-state index is -0.420. The first kappa shape index (κ1) is 16.9. The molecule has 2 N–H and O–H groups in total. The molecule has 1 aromatic rings. The van der Waals surface area contributed by atoms with Crippen LogP contribution in [0.3, 0.4) is 0 Å². The maximum absolute atomic E-state index is 9.72. The van der Waals surface area contributed by atoms with Crippen LogP contribution in [0.4, 0.5) is 0 Å². The third-order valence-electron chi connectivity index (χ3n) is 2.71. The van der Waals surface area contributed by atoms with Gasteiger partial charge >= 0.3 is 0 Å². The van der Waals surface area contributed by atoms with E-state index in [9.17, 15) is 5.11 Å². The first-order valence-corrected chi connectivity index (χ1v) is 8.85. The predicted molar refractivity (Wildman–Crippen MR) is 83.2 cm³/mol. The molecule has 0 aliphatic carbocycles. The van der Waals surface area contributed by atoms with Crippen molar-refractivity contribution in [3.05, 3.63) is 16.1 Å². The van der Waals surface area contributed by atoms with Crippen LogP contribution in [0.15, 0.2) is 5.51 Å². The van der Waals surface area contributed by atoms with Gasteiger partial charge in [0.05, 0.1) is 30.5 Å². The molecule has 0 amide bonds. The quantitative estimate of drug-likeness (QED) is 0.610. The monoisotopic (exact) mass is 304 g/mol. The fraction of sp³-hybridized carbons (Fsp3) is 0.769. The molecule has 1 rings (SSSR count). The summed E-state index contributed by atoms with van der Waals surface area (Å²) >= 11 is 3.51. The number of aliphatic hydroxyl groups is 1. The lowest BCUT2D eigenvalue weighted by Gasteiger charge is -2.12. The Morgan fingerprint density at radius 3 is 3.11 bits per heavy atom. The molecule has 19 heavy (non-hydrogen) atoms. The Kier molecular flexibility index (Phi) is 9.46. The zero-order valence-electron chi connectivity index (χ0n) is 11.7. The Labute approximate surface area is 124 Å². The lowest BCUT2D eigenvalue weighted by atomic mass is 10.3. The summed E-state index contributed by atoms with van der Waals surface area (Å²) in [7, 11) is 0. The summed E-state index contributed by atoms with van der Waals surface area (Å²) in [6.07, 6.45) is 3.70. The molecule has 0 bridgehead atoms. The number of aromatic nitrogens is 1. The molecule has 1 atom stereocenters. The average Bonchev–Trinajstić information content (AvgIpc) is 2.80. The summed E-state index contributed by atoms with van der Waals surface area (Å²) in [6.45, 7) is 4.62. The Bertz CT molecular complexity index is 334. The highest BCUT2D eigenvalue weighted by atomic mass is 32.2. The maximum Gasteiger partial charge on any atom is 0.0897 e. The van der Waals surface area contributed by atoms with Gasteiger partial charge < -0.3 is 15.2 Å². The van der Waals surface area contributed by atoms with Gasteiger partial charge in [-0.3, -0.25) is 0 Å². The summed E-state index contributed by atoms with van der Waals surface area (Å²) in [4.78, 5) is 5.47. The molecular formula is C13H24N2O2S2. The fourth-order valence-electron chi connectivity index (χ4n) is 1.62. The van der Waals surface area contributed by atoms with E-state index in [1.165, 1.54) is 4.88 Å². The molecule has 1 aromatic heterocycles. The Morgan fingerprint density at radius 2 is 2.42 bits per heavy atom. The summed E-state index contributed by atoms with van der Waals surface area (Å²) in [5.74, 6) is 1.16. The highest BCUT2D eigenvalue weighted by Crippen LogP contribution is 2.12. The molecule has 4 nitrogen and oxygen atoms in total. The predicted octanol–water partition coefficient (Wildman–Crippen LogP) is 1.71. The Hall–Kier alpha value is -0.140. The second-order valence-electron chi connectivity index (χ2n) is 4.39. The van der Waals surface area contributed by atoms with Crippen LogP contribution in [0.2, 0.25) is 0 Å². The molecule has 0 spiro atoms. The fourth-order valence-corrected chi connectivity index (χ4v) is 2.81. The van der Waals surface area contributed by atoms with Gasteiger partial charge in [-0.1, -0.05) is 0 Å². The van der Waals surface area contributed by atoms with E-state index < -0.39 is 6.10 Å².